The van der Waals surface area contributed by atoms with Gasteiger partial charge < -0.3 is 30.9 Å². The number of rotatable bonds is 6. The van der Waals surface area contributed by atoms with E-state index in [4.69, 9.17) is 20.3 Å². The minimum Gasteiger partial charge on any atom is -0.480 e. The number of nitrogens with one attached hydrogen (secondary N) is 2. The molecular formula is C22H35N3O6. The van der Waals surface area contributed by atoms with Crippen LogP contribution in [0, 0.1) is 0 Å². The number of amides is 2. The summed E-state index contributed by atoms with van der Waals surface area (Å²) in [6, 6.07) is 8.24. The summed E-state index contributed by atoms with van der Waals surface area (Å²) >= 11 is 0. The van der Waals surface area contributed by atoms with Gasteiger partial charge >= 0.3 is 18.2 Å². The molecule has 0 unspecified atom stereocenters. The zero-order valence-electron chi connectivity index (χ0n) is 18.6. The molecule has 0 saturated heterocycles. The van der Waals surface area contributed by atoms with Crippen LogP contribution in [0.5, 0.6) is 0 Å². The lowest BCUT2D eigenvalue weighted by Gasteiger charge is -2.22. The summed E-state index contributed by atoms with van der Waals surface area (Å²) in [5, 5.41) is 13.5. The van der Waals surface area contributed by atoms with Crippen LogP contribution < -0.4 is 16.4 Å². The van der Waals surface area contributed by atoms with Gasteiger partial charge in [-0.25, -0.2) is 14.4 Å². The van der Waals surface area contributed by atoms with Gasteiger partial charge in [-0.05, 0) is 39.2 Å². The van der Waals surface area contributed by atoms with Crippen LogP contribution in [0.25, 0.3) is 0 Å². The zero-order chi connectivity index (χ0) is 23.3. The lowest BCUT2D eigenvalue weighted by Crippen LogP contribution is -2.49. The van der Waals surface area contributed by atoms with Crippen LogP contribution >= 0.6 is 0 Å². The van der Waals surface area contributed by atoms with Crippen LogP contribution in [0.3, 0.4) is 0 Å². The average Bonchev–Trinajstić information content (AvgIpc) is 2.70. The van der Waals surface area contributed by atoms with Gasteiger partial charge in [0, 0.05) is 6.04 Å². The first kappa shape index (κ1) is 26.2. The molecule has 2 rings (SSSR count). The molecule has 0 aromatic heterocycles. The molecule has 5 N–H and O–H groups in total. The number of alkyl carbamates (subject to hydrolysis) is 2. The van der Waals surface area contributed by atoms with E-state index in [0.717, 1.165) is 5.56 Å². The number of carboxylic acid groups (broad SMARTS) is 1. The zero-order valence-corrected chi connectivity index (χ0v) is 18.6. The molecule has 1 fully saturated rings. The van der Waals surface area contributed by atoms with E-state index in [9.17, 15) is 14.4 Å². The molecule has 1 aromatic carbocycles. The number of carbonyl (C=O) groups excluding carboxylic acids is 2. The Hall–Kier alpha value is -2.81. The van der Waals surface area contributed by atoms with Crippen molar-refractivity contribution in [2.24, 2.45) is 5.73 Å². The van der Waals surface area contributed by atoms with E-state index in [1.165, 1.54) is 32.1 Å². The number of hydrogen-bond donors (Lipinski definition) is 4. The van der Waals surface area contributed by atoms with Gasteiger partial charge in [-0.15, -0.1) is 0 Å². The van der Waals surface area contributed by atoms with Crippen LogP contribution in [0.2, 0.25) is 0 Å². The Morgan fingerprint density at radius 2 is 1.71 bits per heavy atom. The number of carbonyl (C=O) groups is 3. The van der Waals surface area contributed by atoms with Gasteiger partial charge in [0.15, 0.2) is 0 Å². The summed E-state index contributed by atoms with van der Waals surface area (Å²) in [6.07, 6.45) is 5.00. The Kier molecular flexibility index (Phi) is 11.4. The van der Waals surface area contributed by atoms with Crippen molar-refractivity contribution < 1.29 is 29.0 Å². The summed E-state index contributed by atoms with van der Waals surface area (Å²) in [6.45, 7) is 4.69. The molecule has 0 radical (unpaired) electrons. The summed E-state index contributed by atoms with van der Waals surface area (Å²) in [5.41, 5.74) is 5.68. The monoisotopic (exact) mass is 437 g/mol. The normalized spacial score (nSPS) is 15.0. The molecule has 9 nitrogen and oxygen atoms in total. The molecule has 1 aliphatic carbocycles. The maximum absolute atomic E-state index is 11.6. The second-order valence-electron chi connectivity index (χ2n) is 8.38. The Morgan fingerprint density at radius 3 is 2.19 bits per heavy atom. The lowest BCUT2D eigenvalue weighted by atomic mass is 9.97. The molecule has 1 atom stereocenters. The quantitative estimate of drug-likeness (QED) is 0.536. The molecule has 1 aliphatic rings. The molecule has 174 valence electrons. The molecule has 0 bridgehead atoms. The van der Waals surface area contributed by atoms with E-state index in [-0.39, 0.29) is 13.2 Å². The second-order valence-corrected chi connectivity index (χ2v) is 8.38. The minimum absolute atomic E-state index is 0.0594. The first-order chi connectivity index (χ1) is 14.6. The molecule has 1 aromatic rings. The van der Waals surface area contributed by atoms with E-state index in [1.54, 1.807) is 32.9 Å². The van der Waals surface area contributed by atoms with Gasteiger partial charge in [0.2, 0.25) is 0 Å². The van der Waals surface area contributed by atoms with Crippen molar-refractivity contribution in [3.8, 4) is 0 Å². The predicted molar refractivity (Wildman–Crippen MR) is 116 cm³/mol. The Labute approximate surface area is 183 Å². The van der Waals surface area contributed by atoms with Crippen molar-refractivity contribution >= 4 is 18.2 Å². The SMILES string of the molecule is CC(C)(C)OC(=O)N[C@@H](CNC(=O)OCc1ccccc1)C(=O)O.NC1CCCCC1. The van der Waals surface area contributed by atoms with Crippen LogP contribution in [0.15, 0.2) is 30.3 Å². The molecule has 0 spiro atoms. The van der Waals surface area contributed by atoms with Gasteiger partial charge in [0.25, 0.3) is 0 Å². The number of carboxylic acids is 1. The largest absolute Gasteiger partial charge is 0.480 e. The summed E-state index contributed by atoms with van der Waals surface area (Å²) in [7, 11) is 0. The summed E-state index contributed by atoms with van der Waals surface area (Å²) in [4.78, 5) is 34.3. The average molecular weight is 438 g/mol. The predicted octanol–water partition coefficient (Wildman–Crippen LogP) is 3.17. The van der Waals surface area contributed by atoms with E-state index in [2.05, 4.69) is 10.6 Å². The standard InChI is InChI=1S/C16H22N2O6.C6H13N/c1-16(2,3)24-15(22)18-12(13(19)20)9-17-14(21)23-10-11-7-5-4-6-8-11;7-6-4-2-1-3-5-6/h4-8,12H,9-10H2,1-3H3,(H,17,21)(H,18,22)(H,19,20);6H,1-5,7H2/t12-;/m0./s1. The van der Waals surface area contributed by atoms with E-state index in [1.807, 2.05) is 18.2 Å². The highest BCUT2D eigenvalue weighted by molar-refractivity contribution is 5.81. The maximum Gasteiger partial charge on any atom is 0.408 e. The van der Waals surface area contributed by atoms with Gasteiger partial charge in [0.05, 0.1) is 6.54 Å². The summed E-state index contributed by atoms with van der Waals surface area (Å²) < 4.78 is 9.93. The minimum atomic E-state index is -1.33. The Balaban J connectivity index is 0.000000577. The first-order valence-corrected chi connectivity index (χ1v) is 10.5. The molecule has 31 heavy (non-hydrogen) atoms. The number of benzene rings is 1. The van der Waals surface area contributed by atoms with Crippen molar-refractivity contribution in [3.63, 3.8) is 0 Å². The summed E-state index contributed by atoms with van der Waals surface area (Å²) in [5.74, 6) is -1.30. The van der Waals surface area contributed by atoms with Crippen molar-refractivity contribution in [1.29, 1.82) is 0 Å². The topological polar surface area (TPSA) is 140 Å². The fraction of sp³-hybridized carbons (Fsp3) is 0.591. The van der Waals surface area contributed by atoms with Gasteiger partial charge in [-0.3, -0.25) is 0 Å². The van der Waals surface area contributed by atoms with Crippen LogP contribution in [-0.4, -0.2) is 47.5 Å². The number of nitrogens with two attached hydrogens (primary N) is 1. The van der Waals surface area contributed by atoms with Crippen molar-refractivity contribution in [1.82, 2.24) is 10.6 Å². The van der Waals surface area contributed by atoms with E-state index < -0.39 is 29.8 Å². The molecular weight excluding hydrogens is 402 g/mol. The van der Waals surface area contributed by atoms with E-state index in [0.29, 0.717) is 6.04 Å². The smallest absolute Gasteiger partial charge is 0.408 e. The molecule has 1 saturated carbocycles. The highest BCUT2D eigenvalue weighted by Gasteiger charge is 2.24. The third-order valence-corrected chi connectivity index (χ3v) is 4.30. The molecule has 0 heterocycles. The Morgan fingerprint density at radius 1 is 1.10 bits per heavy atom. The van der Waals surface area contributed by atoms with Crippen LogP contribution in [0.4, 0.5) is 9.59 Å². The lowest BCUT2D eigenvalue weighted by molar-refractivity contribution is -0.139. The number of hydrogen-bond acceptors (Lipinski definition) is 6. The second kappa shape index (κ2) is 13.5. The van der Waals surface area contributed by atoms with Gasteiger partial charge in [-0.1, -0.05) is 49.6 Å². The first-order valence-electron chi connectivity index (χ1n) is 10.5. The van der Waals surface area contributed by atoms with Crippen molar-refractivity contribution in [2.75, 3.05) is 6.54 Å². The van der Waals surface area contributed by atoms with Crippen LogP contribution in [0.1, 0.15) is 58.4 Å². The fourth-order valence-corrected chi connectivity index (χ4v) is 2.74. The molecule has 2 amide bonds. The highest BCUT2D eigenvalue weighted by Crippen LogP contribution is 2.14. The van der Waals surface area contributed by atoms with Crippen LogP contribution in [-0.2, 0) is 20.9 Å². The maximum atomic E-state index is 11.6. The highest BCUT2D eigenvalue weighted by atomic mass is 16.6. The molecule has 0 aliphatic heterocycles. The third kappa shape index (κ3) is 13.2. The van der Waals surface area contributed by atoms with Crippen molar-refractivity contribution in [3.05, 3.63) is 35.9 Å². The fourth-order valence-electron chi connectivity index (χ4n) is 2.74. The van der Waals surface area contributed by atoms with Gasteiger partial charge in [0.1, 0.15) is 18.2 Å². The molecule has 9 heteroatoms. The van der Waals surface area contributed by atoms with Gasteiger partial charge in [-0.2, -0.15) is 0 Å². The van der Waals surface area contributed by atoms with E-state index >= 15 is 0 Å². The Bertz CT molecular complexity index is 684. The number of ether oxygens (including phenoxy) is 2. The third-order valence-electron chi connectivity index (χ3n) is 4.30. The number of aliphatic carboxylic acids is 1. The van der Waals surface area contributed by atoms with Crippen molar-refractivity contribution in [2.45, 2.75) is 77.2 Å².